The Labute approximate surface area is 115 Å². The van der Waals surface area contributed by atoms with Crippen molar-refractivity contribution in [3.63, 3.8) is 0 Å². The molecule has 1 aliphatic heterocycles. The second-order valence-electron chi connectivity index (χ2n) is 5.77. The second kappa shape index (κ2) is 5.61. The summed E-state index contributed by atoms with van der Waals surface area (Å²) in [5.41, 5.74) is 2.39. The van der Waals surface area contributed by atoms with Gasteiger partial charge in [0.05, 0.1) is 18.2 Å². The Balaban J connectivity index is 1.78. The first-order chi connectivity index (χ1) is 9.34. The predicted octanol–water partition coefficient (Wildman–Crippen LogP) is 1.98. The largest absolute Gasteiger partial charge is 0.394 e. The van der Waals surface area contributed by atoms with Gasteiger partial charge in [-0.15, -0.1) is 0 Å². The van der Waals surface area contributed by atoms with E-state index in [-0.39, 0.29) is 12.1 Å². The quantitative estimate of drug-likeness (QED) is 0.871. The summed E-state index contributed by atoms with van der Waals surface area (Å²) < 4.78 is 5.68. The van der Waals surface area contributed by atoms with E-state index in [0.717, 1.165) is 45.3 Å². The fourth-order valence-corrected chi connectivity index (χ4v) is 3.44. The number of fused-ring (bicyclic) bond motifs is 1. The SMILES string of the molecule is OCC1(NCC2CCCO2)CCCc2ccccc21. The first kappa shape index (κ1) is 13.1. The number of nitrogens with one attached hydrogen (secondary N) is 1. The van der Waals surface area contributed by atoms with Gasteiger partial charge in [-0.25, -0.2) is 0 Å². The highest BCUT2D eigenvalue weighted by Gasteiger charge is 2.36. The van der Waals surface area contributed by atoms with Crippen LogP contribution in [0.25, 0.3) is 0 Å². The lowest BCUT2D eigenvalue weighted by molar-refractivity contribution is 0.0815. The molecule has 1 aliphatic carbocycles. The number of rotatable bonds is 4. The molecular weight excluding hydrogens is 238 g/mol. The van der Waals surface area contributed by atoms with Gasteiger partial charge in [-0.3, -0.25) is 0 Å². The van der Waals surface area contributed by atoms with Gasteiger partial charge < -0.3 is 15.2 Å². The molecule has 0 bridgehead atoms. The van der Waals surface area contributed by atoms with Gasteiger partial charge in [-0.2, -0.15) is 0 Å². The molecule has 3 nitrogen and oxygen atoms in total. The molecule has 0 aromatic heterocycles. The van der Waals surface area contributed by atoms with Crippen LogP contribution in [0.2, 0.25) is 0 Å². The van der Waals surface area contributed by atoms with Crippen molar-refractivity contribution in [2.75, 3.05) is 19.8 Å². The van der Waals surface area contributed by atoms with Crippen LogP contribution in [-0.4, -0.2) is 31.0 Å². The van der Waals surface area contributed by atoms with Gasteiger partial charge in [0, 0.05) is 13.2 Å². The molecule has 19 heavy (non-hydrogen) atoms. The van der Waals surface area contributed by atoms with E-state index >= 15 is 0 Å². The van der Waals surface area contributed by atoms with Crippen molar-refractivity contribution in [2.24, 2.45) is 0 Å². The maximum Gasteiger partial charge on any atom is 0.0700 e. The highest BCUT2D eigenvalue weighted by molar-refractivity contribution is 5.36. The van der Waals surface area contributed by atoms with Gasteiger partial charge in [0.15, 0.2) is 0 Å². The van der Waals surface area contributed by atoms with Gasteiger partial charge in [0.25, 0.3) is 0 Å². The number of benzene rings is 1. The Morgan fingerprint density at radius 1 is 1.32 bits per heavy atom. The normalized spacial score (nSPS) is 30.3. The molecule has 3 heteroatoms. The molecule has 104 valence electrons. The molecule has 1 heterocycles. The van der Waals surface area contributed by atoms with Crippen LogP contribution in [0.15, 0.2) is 24.3 Å². The van der Waals surface area contributed by atoms with Crippen molar-refractivity contribution in [1.29, 1.82) is 0 Å². The molecule has 0 saturated carbocycles. The first-order valence-corrected chi connectivity index (χ1v) is 7.40. The molecule has 0 radical (unpaired) electrons. The third kappa shape index (κ3) is 2.55. The summed E-state index contributed by atoms with van der Waals surface area (Å²) in [4.78, 5) is 0. The molecule has 1 aromatic rings. The van der Waals surface area contributed by atoms with Crippen LogP contribution < -0.4 is 5.32 Å². The van der Waals surface area contributed by atoms with Gasteiger partial charge in [-0.1, -0.05) is 24.3 Å². The Kier molecular flexibility index (Phi) is 3.87. The van der Waals surface area contributed by atoms with Crippen LogP contribution in [0, 0.1) is 0 Å². The predicted molar refractivity (Wildman–Crippen MR) is 75.1 cm³/mol. The van der Waals surface area contributed by atoms with Crippen LogP contribution in [-0.2, 0) is 16.7 Å². The van der Waals surface area contributed by atoms with Gasteiger partial charge in [0.2, 0.25) is 0 Å². The first-order valence-electron chi connectivity index (χ1n) is 7.40. The van der Waals surface area contributed by atoms with E-state index < -0.39 is 0 Å². The standard InChI is InChI=1S/C16H23NO2/c18-12-16(17-11-14-7-4-10-19-14)9-3-6-13-5-1-2-8-15(13)16/h1-2,5,8,14,17-18H,3-4,6-7,9-12H2. The second-order valence-corrected chi connectivity index (χ2v) is 5.77. The maximum absolute atomic E-state index is 9.96. The van der Waals surface area contributed by atoms with Crippen molar-refractivity contribution >= 4 is 0 Å². The van der Waals surface area contributed by atoms with Gasteiger partial charge in [0.1, 0.15) is 0 Å². The smallest absolute Gasteiger partial charge is 0.0700 e. The van der Waals surface area contributed by atoms with Crippen LogP contribution in [0.3, 0.4) is 0 Å². The van der Waals surface area contributed by atoms with Crippen molar-refractivity contribution < 1.29 is 9.84 Å². The number of hydrogen-bond acceptors (Lipinski definition) is 3. The number of aryl methyl sites for hydroxylation is 1. The van der Waals surface area contributed by atoms with Crippen LogP contribution in [0.1, 0.15) is 36.8 Å². The summed E-state index contributed by atoms with van der Waals surface area (Å²) in [7, 11) is 0. The fourth-order valence-electron chi connectivity index (χ4n) is 3.44. The Morgan fingerprint density at radius 3 is 3.00 bits per heavy atom. The molecule has 1 fully saturated rings. The zero-order valence-corrected chi connectivity index (χ0v) is 11.4. The minimum atomic E-state index is -0.263. The Hall–Kier alpha value is -0.900. The van der Waals surface area contributed by atoms with E-state index in [1.165, 1.54) is 11.1 Å². The highest BCUT2D eigenvalue weighted by Crippen LogP contribution is 2.35. The number of ether oxygens (including phenoxy) is 1. The average Bonchev–Trinajstić information content (AvgIpc) is 2.98. The lowest BCUT2D eigenvalue weighted by atomic mass is 9.77. The topological polar surface area (TPSA) is 41.5 Å². The average molecular weight is 261 g/mol. The fraction of sp³-hybridized carbons (Fsp3) is 0.625. The summed E-state index contributed by atoms with van der Waals surface area (Å²) in [6, 6.07) is 8.51. The minimum Gasteiger partial charge on any atom is -0.394 e. The van der Waals surface area contributed by atoms with Crippen molar-refractivity contribution in [1.82, 2.24) is 5.32 Å². The Morgan fingerprint density at radius 2 is 2.21 bits per heavy atom. The van der Waals surface area contributed by atoms with E-state index in [4.69, 9.17) is 4.74 Å². The summed E-state index contributed by atoms with van der Waals surface area (Å²) in [6.45, 7) is 1.89. The molecule has 1 aromatic carbocycles. The summed E-state index contributed by atoms with van der Waals surface area (Å²) in [6.07, 6.45) is 5.88. The van der Waals surface area contributed by atoms with Crippen molar-refractivity contribution in [3.8, 4) is 0 Å². The molecular formula is C16H23NO2. The van der Waals surface area contributed by atoms with Crippen molar-refractivity contribution in [2.45, 2.75) is 43.7 Å². The third-order valence-electron chi connectivity index (χ3n) is 4.54. The van der Waals surface area contributed by atoms with E-state index in [0.29, 0.717) is 6.10 Å². The summed E-state index contributed by atoms with van der Waals surface area (Å²) >= 11 is 0. The zero-order chi connectivity index (χ0) is 13.1. The summed E-state index contributed by atoms with van der Waals surface area (Å²) in [5, 5.41) is 13.6. The lowest BCUT2D eigenvalue weighted by Gasteiger charge is -2.39. The zero-order valence-electron chi connectivity index (χ0n) is 11.4. The van der Waals surface area contributed by atoms with Crippen LogP contribution in [0.5, 0.6) is 0 Å². The maximum atomic E-state index is 9.96. The lowest BCUT2D eigenvalue weighted by Crippen LogP contribution is -2.50. The molecule has 2 unspecified atom stereocenters. The molecule has 3 rings (SSSR count). The highest BCUT2D eigenvalue weighted by atomic mass is 16.5. The van der Waals surface area contributed by atoms with Gasteiger partial charge in [-0.05, 0) is 43.2 Å². The van der Waals surface area contributed by atoms with Crippen molar-refractivity contribution in [3.05, 3.63) is 35.4 Å². The molecule has 0 amide bonds. The van der Waals surface area contributed by atoms with Crippen LogP contribution in [0.4, 0.5) is 0 Å². The third-order valence-corrected chi connectivity index (χ3v) is 4.54. The van der Waals surface area contributed by atoms with E-state index in [1.807, 2.05) is 0 Å². The monoisotopic (exact) mass is 261 g/mol. The molecule has 2 N–H and O–H groups in total. The molecule has 0 spiro atoms. The minimum absolute atomic E-state index is 0.163. The molecule has 2 atom stereocenters. The Bertz CT molecular complexity index is 429. The van der Waals surface area contributed by atoms with Crippen LogP contribution >= 0.6 is 0 Å². The molecule has 1 saturated heterocycles. The number of aliphatic hydroxyl groups is 1. The van der Waals surface area contributed by atoms with Gasteiger partial charge >= 0.3 is 0 Å². The summed E-state index contributed by atoms with van der Waals surface area (Å²) in [5.74, 6) is 0. The van der Waals surface area contributed by atoms with E-state index in [1.54, 1.807) is 0 Å². The number of aliphatic hydroxyl groups excluding tert-OH is 1. The number of hydrogen-bond donors (Lipinski definition) is 2. The van der Waals surface area contributed by atoms with E-state index in [2.05, 4.69) is 29.6 Å². The molecule has 2 aliphatic rings. The van der Waals surface area contributed by atoms with E-state index in [9.17, 15) is 5.11 Å².